The third-order valence-corrected chi connectivity index (χ3v) is 6.91. The van der Waals surface area contributed by atoms with Gasteiger partial charge in [-0.25, -0.2) is 14.4 Å². The number of amides is 1. The van der Waals surface area contributed by atoms with Crippen LogP contribution in [0.3, 0.4) is 0 Å². The van der Waals surface area contributed by atoms with Gasteiger partial charge in [0, 0.05) is 49.8 Å². The van der Waals surface area contributed by atoms with Gasteiger partial charge < -0.3 is 15.0 Å². The van der Waals surface area contributed by atoms with Crippen molar-refractivity contribution in [3.05, 3.63) is 94.4 Å². The lowest BCUT2D eigenvalue weighted by molar-refractivity contribution is 0.0816. The number of carbonyl (C=O) groups excluding carboxylic acids is 1. The number of aromatic nitrogens is 6. The molecule has 0 saturated carbocycles. The van der Waals surface area contributed by atoms with Gasteiger partial charge in [0.15, 0.2) is 17.2 Å². The third-order valence-electron chi connectivity index (χ3n) is 6.56. The predicted octanol–water partition coefficient (Wildman–Crippen LogP) is 4.80. The van der Waals surface area contributed by atoms with Gasteiger partial charge in [-0.15, -0.1) is 0 Å². The van der Waals surface area contributed by atoms with Gasteiger partial charge >= 0.3 is 0 Å². The number of rotatable bonds is 9. The molecule has 40 heavy (non-hydrogen) atoms. The van der Waals surface area contributed by atoms with Crippen molar-refractivity contribution in [3.8, 4) is 5.75 Å². The molecule has 0 spiro atoms. The van der Waals surface area contributed by atoms with Crippen molar-refractivity contribution in [2.24, 2.45) is 0 Å². The molecule has 0 radical (unpaired) electrons. The van der Waals surface area contributed by atoms with Crippen LogP contribution in [0, 0.1) is 5.82 Å². The van der Waals surface area contributed by atoms with Crippen molar-refractivity contribution in [1.29, 1.82) is 0 Å². The first-order valence-corrected chi connectivity index (χ1v) is 12.9. The van der Waals surface area contributed by atoms with Gasteiger partial charge in [-0.05, 0) is 36.2 Å². The maximum absolute atomic E-state index is 14.9. The summed E-state index contributed by atoms with van der Waals surface area (Å²) in [7, 11) is 4.62. The van der Waals surface area contributed by atoms with Crippen molar-refractivity contribution in [1.82, 2.24) is 34.4 Å². The number of ether oxygens (including phenoxy) is 1. The van der Waals surface area contributed by atoms with E-state index in [0.717, 1.165) is 11.1 Å². The predicted molar refractivity (Wildman–Crippen MR) is 150 cm³/mol. The third kappa shape index (κ3) is 5.46. The number of hydrogen-bond donors (Lipinski definition) is 1. The number of anilines is 1. The lowest BCUT2D eigenvalue weighted by Gasteiger charge is -2.13. The Morgan fingerprint density at radius 2 is 1.95 bits per heavy atom. The van der Waals surface area contributed by atoms with E-state index in [2.05, 4.69) is 44.5 Å². The average Bonchev–Trinajstić information content (AvgIpc) is 3.63. The molecule has 1 amide bonds. The van der Waals surface area contributed by atoms with Crippen molar-refractivity contribution in [2.45, 2.75) is 26.1 Å². The van der Waals surface area contributed by atoms with Crippen LogP contribution in [0.15, 0.2) is 61.1 Å². The minimum absolute atomic E-state index is 0.00462. The summed E-state index contributed by atoms with van der Waals surface area (Å²) in [5, 5.41) is 12.9. The van der Waals surface area contributed by atoms with Crippen LogP contribution >= 0.6 is 11.6 Å². The molecular weight excluding hydrogens is 535 g/mol. The summed E-state index contributed by atoms with van der Waals surface area (Å²) < 4.78 is 23.6. The number of fused-ring (bicyclic) bond motifs is 1. The first kappa shape index (κ1) is 27.1. The van der Waals surface area contributed by atoms with E-state index in [0.29, 0.717) is 23.4 Å². The average molecular weight is 563 g/mol. The van der Waals surface area contributed by atoms with E-state index in [1.165, 1.54) is 18.1 Å². The molecular formula is C28H28ClFN8O2. The molecule has 1 unspecified atom stereocenters. The Morgan fingerprint density at radius 1 is 1.18 bits per heavy atom. The summed E-state index contributed by atoms with van der Waals surface area (Å²) in [6, 6.07) is 13.3. The molecule has 0 saturated heterocycles. The molecule has 1 N–H and O–H groups in total. The molecule has 5 aromatic rings. The van der Waals surface area contributed by atoms with Crippen LogP contribution in [-0.2, 0) is 13.1 Å². The molecule has 5 rings (SSSR count). The molecule has 0 aliphatic heterocycles. The summed E-state index contributed by atoms with van der Waals surface area (Å²) in [6.45, 7) is 2.57. The zero-order valence-corrected chi connectivity index (χ0v) is 23.2. The largest absolute Gasteiger partial charge is 0.494 e. The first-order chi connectivity index (χ1) is 19.2. The highest BCUT2D eigenvalue weighted by Gasteiger charge is 2.20. The number of hydrogen-bond acceptors (Lipinski definition) is 7. The highest BCUT2D eigenvalue weighted by atomic mass is 35.5. The van der Waals surface area contributed by atoms with Gasteiger partial charge in [0.2, 0.25) is 5.82 Å². The standard InChI is InChI=1S/C28H28ClFN8O2/c1-17(38-13-5-12-32-38)19-8-6-18(7-9-19)15-37-16-21-25(33-27(28(39)36(2)3)34-26(21)35-37)31-14-20-22(29)10-11-23(40-4)24(20)30/h5-13,16-17H,14-15H2,1-4H3,(H,31,33,34,35). The van der Waals surface area contributed by atoms with Crippen molar-refractivity contribution in [3.63, 3.8) is 0 Å². The molecule has 0 bridgehead atoms. The van der Waals surface area contributed by atoms with E-state index < -0.39 is 5.82 Å². The first-order valence-electron chi connectivity index (χ1n) is 12.5. The quantitative estimate of drug-likeness (QED) is 0.275. The van der Waals surface area contributed by atoms with Gasteiger partial charge in [0.1, 0.15) is 5.82 Å². The number of halogens is 2. The Bertz CT molecular complexity index is 1650. The monoisotopic (exact) mass is 562 g/mol. The molecule has 3 heterocycles. The highest BCUT2D eigenvalue weighted by Crippen LogP contribution is 2.29. The smallest absolute Gasteiger partial charge is 0.291 e. The minimum atomic E-state index is -0.571. The van der Waals surface area contributed by atoms with Crippen LogP contribution in [-0.4, -0.2) is 61.5 Å². The summed E-state index contributed by atoms with van der Waals surface area (Å²) in [5.41, 5.74) is 2.71. The molecule has 12 heteroatoms. The molecule has 2 aromatic carbocycles. The summed E-state index contributed by atoms with van der Waals surface area (Å²) in [6.07, 6.45) is 5.50. The molecule has 206 valence electrons. The van der Waals surface area contributed by atoms with Crippen LogP contribution in [0.1, 0.15) is 40.3 Å². The SMILES string of the molecule is COc1ccc(Cl)c(CNc2nc(C(=O)N(C)C)nc3nn(Cc4ccc(C(C)n5cccn5)cc4)cc23)c1F. The molecule has 1 atom stereocenters. The second-order valence-electron chi connectivity index (χ2n) is 9.46. The molecule has 10 nitrogen and oxygen atoms in total. The summed E-state index contributed by atoms with van der Waals surface area (Å²) in [4.78, 5) is 22.9. The Kier molecular flexibility index (Phi) is 7.65. The van der Waals surface area contributed by atoms with Gasteiger partial charge in [0.25, 0.3) is 5.91 Å². The number of benzene rings is 2. The molecule has 0 aliphatic rings. The lowest BCUT2D eigenvalue weighted by atomic mass is 10.1. The zero-order chi connectivity index (χ0) is 28.4. The van der Waals surface area contributed by atoms with Crippen LogP contribution in [0.5, 0.6) is 5.75 Å². The highest BCUT2D eigenvalue weighted by molar-refractivity contribution is 6.31. The number of nitrogens with zero attached hydrogens (tertiary/aromatic N) is 7. The number of methoxy groups -OCH3 is 1. The van der Waals surface area contributed by atoms with Gasteiger partial charge in [-0.1, -0.05) is 35.9 Å². The number of carbonyl (C=O) groups is 1. The number of nitrogens with one attached hydrogen (secondary N) is 1. The Morgan fingerprint density at radius 3 is 2.62 bits per heavy atom. The maximum atomic E-state index is 14.9. The van der Waals surface area contributed by atoms with Crippen LogP contribution < -0.4 is 10.1 Å². The van der Waals surface area contributed by atoms with Crippen LogP contribution in [0.25, 0.3) is 11.0 Å². The molecule has 0 aliphatic carbocycles. The van der Waals surface area contributed by atoms with E-state index in [1.807, 2.05) is 29.1 Å². The topological polar surface area (TPSA) is 103 Å². The molecule has 3 aromatic heterocycles. The van der Waals surface area contributed by atoms with Gasteiger partial charge in [-0.3, -0.25) is 14.2 Å². The Balaban J connectivity index is 1.44. The molecule has 0 fully saturated rings. The zero-order valence-electron chi connectivity index (χ0n) is 22.5. The minimum Gasteiger partial charge on any atom is -0.494 e. The van der Waals surface area contributed by atoms with Crippen molar-refractivity contribution < 1.29 is 13.9 Å². The van der Waals surface area contributed by atoms with E-state index in [9.17, 15) is 9.18 Å². The summed E-state index contributed by atoms with van der Waals surface area (Å²) in [5.74, 6) is -0.566. The second kappa shape index (κ2) is 11.3. The van der Waals surface area contributed by atoms with E-state index in [1.54, 1.807) is 37.2 Å². The second-order valence-corrected chi connectivity index (χ2v) is 9.87. The van der Waals surface area contributed by atoms with Gasteiger partial charge in [0.05, 0.1) is 25.1 Å². The van der Waals surface area contributed by atoms with Crippen molar-refractivity contribution in [2.75, 3.05) is 26.5 Å². The maximum Gasteiger partial charge on any atom is 0.291 e. The van der Waals surface area contributed by atoms with Gasteiger partial charge in [-0.2, -0.15) is 10.2 Å². The fraction of sp³-hybridized carbons (Fsp3) is 0.250. The van der Waals surface area contributed by atoms with Crippen molar-refractivity contribution >= 4 is 34.4 Å². The van der Waals surface area contributed by atoms with E-state index in [4.69, 9.17) is 16.3 Å². The Hall–Kier alpha value is -4.51. The van der Waals surface area contributed by atoms with Crippen LogP contribution in [0.2, 0.25) is 5.02 Å². The summed E-state index contributed by atoms with van der Waals surface area (Å²) >= 11 is 6.27. The Labute approximate surface area is 235 Å². The lowest BCUT2D eigenvalue weighted by Crippen LogP contribution is -2.24. The fourth-order valence-electron chi connectivity index (χ4n) is 4.28. The van der Waals surface area contributed by atoms with E-state index in [-0.39, 0.29) is 40.7 Å². The fourth-order valence-corrected chi connectivity index (χ4v) is 4.50. The van der Waals surface area contributed by atoms with E-state index >= 15 is 0 Å². The normalized spacial score (nSPS) is 11.9. The van der Waals surface area contributed by atoms with Crippen LogP contribution in [0.4, 0.5) is 10.2 Å².